The topological polar surface area (TPSA) is 46.5 Å². The average molecular weight is 414 g/mol. The Morgan fingerprint density at radius 2 is 1.86 bits per heavy atom. The zero-order valence-corrected chi connectivity index (χ0v) is 17.7. The third kappa shape index (κ3) is 5.81. The summed E-state index contributed by atoms with van der Waals surface area (Å²) in [6.45, 7) is 4.93. The molecular weight excluding hydrogens is 390 g/mol. The Bertz CT molecular complexity index is 904. The van der Waals surface area contributed by atoms with Gasteiger partial charge in [0.25, 0.3) is 0 Å². The van der Waals surface area contributed by atoms with Crippen LogP contribution in [0, 0.1) is 0 Å². The molecule has 0 saturated carbocycles. The molecule has 0 atom stereocenters. The van der Waals surface area contributed by atoms with Gasteiger partial charge in [-0.3, -0.25) is 5.43 Å². The van der Waals surface area contributed by atoms with Gasteiger partial charge in [0.15, 0.2) is 0 Å². The molecule has 0 aliphatic heterocycles. The third-order valence-electron chi connectivity index (χ3n) is 4.25. The zero-order chi connectivity index (χ0) is 19.8. The normalized spacial score (nSPS) is 11.5. The Hall–Kier alpha value is -2.37. The summed E-state index contributed by atoms with van der Waals surface area (Å²) in [5.41, 5.74) is 6.92. The first kappa shape index (κ1) is 20.4. The minimum absolute atomic E-state index is 0.718. The van der Waals surface area contributed by atoms with Gasteiger partial charge in [-0.1, -0.05) is 43.5 Å². The summed E-state index contributed by atoms with van der Waals surface area (Å²) in [5.74, 6) is 0.896. The summed E-state index contributed by atoms with van der Waals surface area (Å²) in [7, 11) is 0. The number of hydrogen-bond donors (Lipinski definition) is 1. The molecule has 28 heavy (non-hydrogen) atoms. The highest BCUT2D eigenvalue weighted by Crippen LogP contribution is 2.26. The molecule has 4 nitrogen and oxygen atoms in total. The van der Waals surface area contributed by atoms with E-state index >= 15 is 0 Å². The summed E-state index contributed by atoms with van der Waals surface area (Å²) in [4.78, 5) is 4.58. The standard InChI is InChI=1S/C22H24ClN3OS/c1-3-4-5-14-27-20-12-8-17(9-13-20)16(2)25-26-22-24-21(15-28-22)18-6-10-19(23)11-7-18/h6-13,15H,3-5,14H2,1-2H3,(H,24,26)/b25-16-. The molecule has 1 N–H and O–H groups in total. The van der Waals surface area contributed by atoms with Gasteiger partial charge in [-0.25, -0.2) is 4.98 Å². The number of hydrogen-bond acceptors (Lipinski definition) is 5. The Labute approximate surface area is 175 Å². The maximum atomic E-state index is 5.94. The van der Waals surface area contributed by atoms with E-state index < -0.39 is 0 Å². The van der Waals surface area contributed by atoms with E-state index in [9.17, 15) is 0 Å². The first-order valence-corrected chi connectivity index (χ1v) is 10.7. The Kier molecular flexibility index (Phi) is 7.46. The van der Waals surface area contributed by atoms with Crippen molar-refractivity contribution >= 4 is 33.8 Å². The molecule has 0 aliphatic carbocycles. The van der Waals surface area contributed by atoms with Crippen LogP contribution in [0.5, 0.6) is 5.75 Å². The number of ether oxygens (including phenoxy) is 1. The zero-order valence-electron chi connectivity index (χ0n) is 16.1. The lowest BCUT2D eigenvalue weighted by Gasteiger charge is -2.07. The fraction of sp³-hybridized carbons (Fsp3) is 0.273. The van der Waals surface area contributed by atoms with Gasteiger partial charge < -0.3 is 4.74 Å². The average Bonchev–Trinajstić information content (AvgIpc) is 3.19. The molecule has 0 aliphatic rings. The first-order valence-electron chi connectivity index (χ1n) is 9.40. The molecule has 0 spiro atoms. The van der Waals surface area contributed by atoms with Crippen molar-refractivity contribution in [2.75, 3.05) is 12.0 Å². The van der Waals surface area contributed by atoms with E-state index in [0.717, 1.165) is 51.5 Å². The predicted molar refractivity (Wildman–Crippen MR) is 120 cm³/mol. The molecule has 0 saturated heterocycles. The number of halogens is 1. The lowest BCUT2D eigenvalue weighted by Crippen LogP contribution is -2.01. The van der Waals surface area contributed by atoms with Crippen LogP contribution < -0.4 is 10.2 Å². The minimum atomic E-state index is 0.718. The molecule has 0 bridgehead atoms. The third-order valence-corrected chi connectivity index (χ3v) is 5.25. The quantitative estimate of drug-likeness (QED) is 0.236. The summed E-state index contributed by atoms with van der Waals surface area (Å²) in [6, 6.07) is 15.7. The van der Waals surface area contributed by atoms with E-state index in [1.54, 1.807) is 0 Å². The van der Waals surface area contributed by atoms with Crippen LogP contribution in [0.15, 0.2) is 59.0 Å². The van der Waals surface area contributed by atoms with Crippen LogP contribution >= 0.6 is 22.9 Å². The number of nitrogens with one attached hydrogen (secondary N) is 1. The van der Waals surface area contributed by atoms with E-state index in [1.165, 1.54) is 24.2 Å². The Balaban J connectivity index is 1.57. The maximum Gasteiger partial charge on any atom is 0.203 e. The van der Waals surface area contributed by atoms with E-state index in [2.05, 4.69) is 22.4 Å². The minimum Gasteiger partial charge on any atom is -0.494 e. The van der Waals surface area contributed by atoms with Gasteiger partial charge in [0, 0.05) is 16.0 Å². The van der Waals surface area contributed by atoms with Gasteiger partial charge in [0.1, 0.15) is 5.75 Å². The highest BCUT2D eigenvalue weighted by atomic mass is 35.5. The number of thiazole rings is 1. The first-order chi connectivity index (χ1) is 13.7. The van der Waals surface area contributed by atoms with Crippen molar-refractivity contribution in [2.45, 2.75) is 33.1 Å². The van der Waals surface area contributed by atoms with Gasteiger partial charge in [0.05, 0.1) is 18.0 Å². The van der Waals surface area contributed by atoms with Crippen molar-refractivity contribution in [1.82, 2.24) is 4.98 Å². The maximum absolute atomic E-state index is 5.94. The SMILES string of the molecule is CCCCCOc1ccc(/C(C)=N\Nc2nc(-c3ccc(Cl)cc3)cs2)cc1. The van der Waals surface area contributed by atoms with Crippen LogP contribution in [-0.4, -0.2) is 17.3 Å². The highest BCUT2D eigenvalue weighted by Gasteiger charge is 2.05. The molecule has 3 aromatic rings. The van der Waals surface area contributed by atoms with Crippen molar-refractivity contribution in [1.29, 1.82) is 0 Å². The van der Waals surface area contributed by atoms with Gasteiger partial charge in [-0.05, 0) is 55.3 Å². The van der Waals surface area contributed by atoms with Crippen LogP contribution in [0.2, 0.25) is 5.02 Å². The smallest absolute Gasteiger partial charge is 0.203 e. The van der Waals surface area contributed by atoms with Crippen molar-refractivity contribution in [3.05, 3.63) is 64.5 Å². The van der Waals surface area contributed by atoms with Crippen molar-refractivity contribution < 1.29 is 4.74 Å². The monoisotopic (exact) mass is 413 g/mol. The van der Waals surface area contributed by atoms with Crippen molar-refractivity contribution in [3.8, 4) is 17.0 Å². The summed E-state index contributed by atoms with van der Waals surface area (Å²) >= 11 is 7.46. The molecule has 0 unspecified atom stereocenters. The van der Waals surface area contributed by atoms with Crippen molar-refractivity contribution in [2.24, 2.45) is 5.10 Å². The number of nitrogens with zero attached hydrogens (tertiary/aromatic N) is 2. The summed E-state index contributed by atoms with van der Waals surface area (Å²) in [5, 5.41) is 7.92. The molecule has 2 aromatic carbocycles. The van der Waals surface area contributed by atoms with E-state index in [-0.39, 0.29) is 0 Å². The van der Waals surface area contributed by atoms with E-state index in [0.29, 0.717) is 0 Å². The molecule has 3 rings (SSSR count). The summed E-state index contributed by atoms with van der Waals surface area (Å²) in [6.07, 6.45) is 3.49. The molecular formula is C22H24ClN3OS. The van der Waals surface area contributed by atoms with Crippen LogP contribution in [0.4, 0.5) is 5.13 Å². The van der Waals surface area contributed by atoms with Crippen molar-refractivity contribution in [3.63, 3.8) is 0 Å². The number of unbranched alkanes of at least 4 members (excludes halogenated alkanes) is 2. The Morgan fingerprint density at radius 1 is 1.11 bits per heavy atom. The largest absolute Gasteiger partial charge is 0.494 e. The van der Waals surface area contributed by atoms with E-state index in [1.807, 2.05) is 60.8 Å². The van der Waals surface area contributed by atoms with Crippen LogP contribution in [0.1, 0.15) is 38.7 Å². The number of aromatic nitrogens is 1. The molecule has 0 fully saturated rings. The number of rotatable bonds is 9. The fourth-order valence-corrected chi connectivity index (χ4v) is 3.40. The summed E-state index contributed by atoms with van der Waals surface area (Å²) < 4.78 is 5.75. The van der Waals surface area contributed by atoms with Crippen LogP contribution in [0.25, 0.3) is 11.3 Å². The van der Waals surface area contributed by atoms with Gasteiger partial charge >= 0.3 is 0 Å². The lowest BCUT2D eigenvalue weighted by atomic mass is 10.1. The number of benzene rings is 2. The second-order valence-corrected chi connectivity index (χ2v) is 7.73. The molecule has 6 heteroatoms. The molecule has 1 heterocycles. The second-order valence-electron chi connectivity index (χ2n) is 6.43. The molecule has 1 aromatic heterocycles. The van der Waals surface area contributed by atoms with Gasteiger partial charge in [-0.15, -0.1) is 11.3 Å². The fourth-order valence-electron chi connectivity index (χ4n) is 2.61. The van der Waals surface area contributed by atoms with Crippen LogP contribution in [-0.2, 0) is 0 Å². The molecule has 0 amide bonds. The lowest BCUT2D eigenvalue weighted by molar-refractivity contribution is 0.306. The highest BCUT2D eigenvalue weighted by molar-refractivity contribution is 7.14. The number of anilines is 1. The number of hydrazone groups is 1. The predicted octanol–water partition coefficient (Wildman–Crippen LogP) is 6.87. The Morgan fingerprint density at radius 3 is 2.57 bits per heavy atom. The van der Waals surface area contributed by atoms with Crippen LogP contribution in [0.3, 0.4) is 0 Å². The molecule has 146 valence electrons. The van der Waals surface area contributed by atoms with Gasteiger partial charge in [-0.2, -0.15) is 5.10 Å². The second kappa shape index (κ2) is 10.2. The van der Waals surface area contributed by atoms with E-state index in [4.69, 9.17) is 16.3 Å². The molecule has 0 radical (unpaired) electrons. The van der Waals surface area contributed by atoms with Gasteiger partial charge in [0.2, 0.25) is 5.13 Å².